The van der Waals surface area contributed by atoms with Gasteiger partial charge in [-0.25, -0.2) is 4.68 Å². The maximum absolute atomic E-state index is 13.3. The second-order valence-corrected chi connectivity index (χ2v) is 9.57. The van der Waals surface area contributed by atoms with Gasteiger partial charge >= 0.3 is 5.97 Å². The van der Waals surface area contributed by atoms with Gasteiger partial charge in [-0.1, -0.05) is 47.2 Å². The molecule has 8 nitrogen and oxygen atoms in total. The number of nitrogens with zero attached hydrogens (tertiary/aromatic N) is 3. The van der Waals surface area contributed by atoms with Crippen LogP contribution < -0.4 is 10.3 Å². The molecule has 0 unspecified atom stereocenters. The number of aryl methyl sites for hydroxylation is 1. The number of hydrogen-bond donors (Lipinski definition) is 1. The molecule has 0 aliphatic heterocycles. The molecule has 1 saturated carbocycles. The highest BCUT2D eigenvalue weighted by molar-refractivity contribution is 6.00. The van der Waals surface area contributed by atoms with Gasteiger partial charge in [0, 0.05) is 11.5 Å². The summed E-state index contributed by atoms with van der Waals surface area (Å²) in [6.45, 7) is 2.40. The Bertz CT molecular complexity index is 1500. The Morgan fingerprint density at radius 1 is 1.03 bits per heavy atom. The Labute approximate surface area is 213 Å². The second-order valence-electron chi connectivity index (χ2n) is 9.57. The van der Waals surface area contributed by atoms with Gasteiger partial charge in [-0.05, 0) is 67.6 Å². The maximum Gasteiger partial charge on any atom is 0.307 e. The third-order valence-corrected chi connectivity index (χ3v) is 7.08. The number of carboxylic acid groups (broad SMARTS) is 1. The van der Waals surface area contributed by atoms with Gasteiger partial charge in [-0.2, -0.15) is 0 Å². The van der Waals surface area contributed by atoms with E-state index in [0.717, 1.165) is 11.1 Å². The predicted molar refractivity (Wildman–Crippen MR) is 137 cm³/mol. The van der Waals surface area contributed by atoms with Crippen molar-refractivity contribution in [2.24, 2.45) is 17.8 Å². The molecule has 0 amide bonds. The van der Waals surface area contributed by atoms with Crippen LogP contribution in [0.5, 0.6) is 5.75 Å². The number of aliphatic carboxylic acids is 1. The van der Waals surface area contributed by atoms with Gasteiger partial charge in [0.1, 0.15) is 17.9 Å². The number of hydrogen-bond acceptors (Lipinski definition) is 6. The molecule has 1 N–H and O–H groups in total. The molecule has 37 heavy (non-hydrogen) atoms. The van der Waals surface area contributed by atoms with E-state index in [4.69, 9.17) is 4.74 Å². The fourth-order valence-electron chi connectivity index (χ4n) is 5.16. The van der Waals surface area contributed by atoms with Crippen molar-refractivity contribution in [3.63, 3.8) is 0 Å². The number of benzene rings is 3. The van der Waals surface area contributed by atoms with Crippen LogP contribution in [-0.2, 0) is 17.9 Å². The van der Waals surface area contributed by atoms with Crippen LogP contribution in [0.3, 0.4) is 0 Å². The zero-order valence-corrected chi connectivity index (χ0v) is 20.4. The molecule has 1 fully saturated rings. The smallest absolute Gasteiger partial charge is 0.307 e. The molecule has 0 saturated heterocycles. The molecule has 1 aromatic heterocycles. The third kappa shape index (κ3) is 5.14. The zero-order valence-electron chi connectivity index (χ0n) is 20.4. The first-order valence-electron chi connectivity index (χ1n) is 12.3. The van der Waals surface area contributed by atoms with Gasteiger partial charge in [0.25, 0.3) is 5.56 Å². The van der Waals surface area contributed by atoms with Gasteiger partial charge in [-0.15, -0.1) is 5.10 Å². The van der Waals surface area contributed by atoms with E-state index in [-0.39, 0.29) is 17.9 Å². The van der Waals surface area contributed by atoms with Crippen LogP contribution in [0, 0.1) is 24.7 Å². The fourth-order valence-corrected chi connectivity index (χ4v) is 5.16. The summed E-state index contributed by atoms with van der Waals surface area (Å²) in [7, 11) is 0. The number of Topliss-reactive ketones (excluding diaryl/α,β-unsaturated/α-hetero) is 1. The highest BCUT2D eigenvalue weighted by Crippen LogP contribution is 2.40. The molecule has 0 spiro atoms. The zero-order chi connectivity index (χ0) is 25.9. The topological polar surface area (TPSA) is 111 Å². The second kappa shape index (κ2) is 10.3. The summed E-state index contributed by atoms with van der Waals surface area (Å²) in [5.74, 6) is -2.62. The number of rotatable bonds is 8. The third-order valence-electron chi connectivity index (χ3n) is 7.08. The van der Waals surface area contributed by atoms with Crippen molar-refractivity contribution in [1.29, 1.82) is 0 Å². The number of carboxylic acids is 1. The van der Waals surface area contributed by atoms with Gasteiger partial charge < -0.3 is 9.84 Å². The van der Waals surface area contributed by atoms with E-state index in [1.165, 1.54) is 4.68 Å². The minimum atomic E-state index is -1.04. The Kier molecular flexibility index (Phi) is 6.81. The normalized spacial score (nSPS) is 19.1. The monoisotopic (exact) mass is 497 g/mol. The first kappa shape index (κ1) is 24.4. The summed E-state index contributed by atoms with van der Waals surface area (Å²) in [5, 5.41) is 18.6. The molecule has 0 radical (unpaired) electrons. The van der Waals surface area contributed by atoms with E-state index in [1.54, 1.807) is 36.4 Å². The largest absolute Gasteiger partial charge is 0.489 e. The molecular formula is C29H27N3O5. The Morgan fingerprint density at radius 3 is 2.51 bits per heavy atom. The predicted octanol–water partition coefficient (Wildman–Crippen LogP) is 4.29. The van der Waals surface area contributed by atoms with Gasteiger partial charge in [0.2, 0.25) is 0 Å². The van der Waals surface area contributed by atoms with E-state index in [1.807, 2.05) is 43.3 Å². The van der Waals surface area contributed by atoms with Crippen molar-refractivity contribution >= 4 is 22.7 Å². The van der Waals surface area contributed by atoms with Crippen LogP contribution in [0.1, 0.15) is 34.3 Å². The average molecular weight is 498 g/mol. The van der Waals surface area contributed by atoms with Crippen LogP contribution in [0.2, 0.25) is 0 Å². The lowest BCUT2D eigenvalue weighted by atomic mass is 9.84. The summed E-state index contributed by atoms with van der Waals surface area (Å²) in [6, 6.07) is 21.9. The number of carbonyl (C=O) groups excluding carboxylic acids is 1. The first-order chi connectivity index (χ1) is 17.9. The van der Waals surface area contributed by atoms with Crippen LogP contribution >= 0.6 is 0 Å². The quantitative estimate of drug-likeness (QED) is 0.362. The summed E-state index contributed by atoms with van der Waals surface area (Å²) in [6.07, 6.45) is 0.938. The molecular weight excluding hydrogens is 470 g/mol. The minimum Gasteiger partial charge on any atom is -0.489 e. The van der Waals surface area contributed by atoms with E-state index in [2.05, 4.69) is 10.3 Å². The lowest BCUT2D eigenvalue weighted by Gasteiger charge is -2.20. The first-order valence-corrected chi connectivity index (χ1v) is 12.3. The van der Waals surface area contributed by atoms with E-state index >= 15 is 0 Å². The summed E-state index contributed by atoms with van der Waals surface area (Å²) >= 11 is 0. The average Bonchev–Trinajstić information content (AvgIpc) is 3.34. The number of ether oxygens (including phenoxy) is 1. The molecule has 8 heteroatoms. The van der Waals surface area contributed by atoms with Gasteiger partial charge in [-0.3, -0.25) is 14.4 Å². The van der Waals surface area contributed by atoms with Gasteiger partial charge in [0.15, 0.2) is 5.78 Å². The molecule has 3 aromatic carbocycles. The van der Waals surface area contributed by atoms with Crippen LogP contribution in [0.15, 0.2) is 77.6 Å². The molecule has 1 heterocycles. The van der Waals surface area contributed by atoms with Crippen molar-refractivity contribution in [3.05, 3.63) is 99.8 Å². The Morgan fingerprint density at radius 2 is 1.78 bits per heavy atom. The van der Waals surface area contributed by atoms with Crippen molar-refractivity contribution in [3.8, 4) is 5.75 Å². The molecule has 0 bridgehead atoms. The number of carbonyl (C=O) groups is 2. The molecule has 5 rings (SSSR count). The lowest BCUT2D eigenvalue weighted by molar-refractivity contribution is -0.144. The summed E-state index contributed by atoms with van der Waals surface area (Å²) in [4.78, 5) is 38.6. The molecule has 4 aromatic rings. The van der Waals surface area contributed by atoms with Crippen LogP contribution in [0.25, 0.3) is 10.9 Å². The highest BCUT2D eigenvalue weighted by Gasteiger charge is 2.45. The van der Waals surface area contributed by atoms with Crippen molar-refractivity contribution in [2.45, 2.75) is 32.9 Å². The van der Waals surface area contributed by atoms with E-state index in [9.17, 15) is 19.5 Å². The van der Waals surface area contributed by atoms with E-state index in [0.29, 0.717) is 41.7 Å². The number of ketones is 1. The van der Waals surface area contributed by atoms with Crippen LogP contribution in [0.4, 0.5) is 0 Å². The molecule has 188 valence electrons. The highest BCUT2D eigenvalue weighted by atomic mass is 16.5. The maximum atomic E-state index is 13.3. The number of fused-ring (bicyclic) bond motifs is 1. The van der Waals surface area contributed by atoms with Crippen molar-refractivity contribution < 1.29 is 19.4 Å². The molecule has 3 atom stereocenters. The van der Waals surface area contributed by atoms with E-state index < -0.39 is 23.7 Å². The molecule has 1 aliphatic rings. The Hall–Kier alpha value is -4.33. The van der Waals surface area contributed by atoms with Crippen LogP contribution in [-0.4, -0.2) is 31.9 Å². The van der Waals surface area contributed by atoms with Crippen molar-refractivity contribution in [2.75, 3.05) is 0 Å². The standard InChI is InChI=1S/C29H27N3O5/c1-18-7-14-25-24(15-18)28(34)32(31-30-25)16-21-10-13-23(26(21)29(35)36)27(33)20-8-11-22(12-9-20)37-17-19-5-3-2-4-6-19/h2-9,11-12,14-15,21,23,26H,10,13,16-17H2,1H3,(H,35,36)/t21-,23-,26-/m0/s1. The van der Waals surface area contributed by atoms with Gasteiger partial charge in [0.05, 0.1) is 17.8 Å². The SMILES string of the molecule is Cc1ccc2nnn(C[C@@H]3CC[C@H](C(=O)c4ccc(OCc5ccccc5)cc4)[C@H]3C(=O)O)c(=O)c2c1. The Balaban J connectivity index is 1.30. The number of aromatic nitrogens is 3. The van der Waals surface area contributed by atoms with Crippen molar-refractivity contribution in [1.82, 2.24) is 15.0 Å². The molecule has 1 aliphatic carbocycles. The summed E-state index contributed by atoms with van der Waals surface area (Å²) < 4.78 is 7.02. The minimum absolute atomic E-state index is 0.0999. The lowest BCUT2D eigenvalue weighted by Crippen LogP contribution is -2.34. The summed E-state index contributed by atoms with van der Waals surface area (Å²) in [5.41, 5.74) is 2.60. The fraction of sp³-hybridized carbons (Fsp3) is 0.276.